The fourth-order valence-electron chi connectivity index (χ4n) is 2.69. The minimum Gasteiger partial charge on any atom is -0.361 e. The summed E-state index contributed by atoms with van der Waals surface area (Å²) in [6.45, 7) is 0. The van der Waals surface area contributed by atoms with E-state index >= 15 is 0 Å². The maximum atomic E-state index is 11.7. The monoisotopic (exact) mass is 321 g/mol. The van der Waals surface area contributed by atoms with Gasteiger partial charge in [-0.25, -0.2) is 0 Å². The molecular formula is C18H15N3OS. The highest BCUT2D eigenvalue weighted by atomic mass is 32.2. The summed E-state index contributed by atoms with van der Waals surface area (Å²) in [5.41, 5.74) is 3.91. The van der Waals surface area contributed by atoms with Crippen molar-refractivity contribution >= 4 is 44.0 Å². The number of nitrogens with zero attached hydrogens (tertiary/aromatic N) is 1. The van der Waals surface area contributed by atoms with E-state index in [1.807, 2.05) is 42.6 Å². The Kier molecular flexibility index (Phi) is 3.35. The number of pyridine rings is 1. The third-order valence-corrected chi connectivity index (χ3v) is 4.80. The molecule has 0 fully saturated rings. The highest BCUT2D eigenvalue weighted by Gasteiger charge is 2.06. The van der Waals surface area contributed by atoms with E-state index < -0.39 is 10.8 Å². The molecule has 0 spiro atoms. The Labute approximate surface area is 136 Å². The van der Waals surface area contributed by atoms with Crippen LogP contribution in [0.3, 0.4) is 0 Å². The molecule has 0 amide bonds. The van der Waals surface area contributed by atoms with Gasteiger partial charge in [-0.05, 0) is 47.9 Å². The van der Waals surface area contributed by atoms with E-state index in [2.05, 4.69) is 27.4 Å². The number of aromatic amines is 1. The molecule has 0 aliphatic rings. The molecule has 4 aromatic rings. The summed E-state index contributed by atoms with van der Waals surface area (Å²) >= 11 is 0. The van der Waals surface area contributed by atoms with Gasteiger partial charge in [-0.3, -0.25) is 9.19 Å². The third-order valence-electron chi connectivity index (χ3n) is 3.88. The molecule has 4 rings (SSSR count). The van der Waals surface area contributed by atoms with Crippen LogP contribution >= 0.6 is 0 Å². The number of aromatic nitrogens is 2. The first-order valence-electron chi connectivity index (χ1n) is 7.27. The number of H-pyrrole nitrogens is 1. The largest absolute Gasteiger partial charge is 0.361 e. The fourth-order valence-corrected chi connectivity index (χ4v) is 3.24. The van der Waals surface area contributed by atoms with Gasteiger partial charge in [0.2, 0.25) is 0 Å². The van der Waals surface area contributed by atoms with Crippen LogP contribution in [0.2, 0.25) is 0 Å². The summed E-state index contributed by atoms with van der Waals surface area (Å²) < 4.78 is 11.7. The SMILES string of the molecule is CS(=O)c1ccc2nccc(Nc3ccc4cc[nH]c4c3)c2c1. The van der Waals surface area contributed by atoms with Crippen molar-refractivity contribution in [2.75, 3.05) is 11.6 Å². The molecule has 114 valence electrons. The molecule has 0 aliphatic carbocycles. The summed E-state index contributed by atoms with van der Waals surface area (Å²) in [6.07, 6.45) is 5.39. The third kappa shape index (κ3) is 2.59. The van der Waals surface area contributed by atoms with Crippen molar-refractivity contribution in [3.8, 4) is 0 Å². The average Bonchev–Trinajstić information content (AvgIpc) is 3.02. The van der Waals surface area contributed by atoms with E-state index in [0.29, 0.717) is 0 Å². The Morgan fingerprint density at radius 1 is 1.09 bits per heavy atom. The van der Waals surface area contributed by atoms with Gasteiger partial charge in [0.25, 0.3) is 0 Å². The lowest BCUT2D eigenvalue weighted by Gasteiger charge is -2.10. The fraction of sp³-hybridized carbons (Fsp3) is 0.0556. The first-order chi connectivity index (χ1) is 11.2. The molecule has 2 aromatic carbocycles. The van der Waals surface area contributed by atoms with Gasteiger partial charge in [-0.15, -0.1) is 0 Å². The molecule has 0 radical (unpaired) electrons. The lowest BCUT2D eigenvalue weighted by molar-refractivity contribution is 0.687. The first-order valence-corrected chi connectivity index (χ1v) is 8.83. The van der Waals surface area contributed by atoms with E-state index in [-0.39, 0.29) is 0 Å². The Hall–Kier alpha value is -2.66. The van der Waals surface area contributed by atoms with Gasteiger partial charge in [-0.2, -0.15) is 0 Å². The van der Waals surface area contributed by atoms with Gasteiger partial charge in [0, 0.05) is 56.6 Å². The zero-order chi connectivity index (χ0) is 15.8. The summed E-state index contributed by atoms with van der Waals surface area (Å²) in [7, 11) is -1.01. The second-order valence-electron chi connectivity index (χ2n) is 5.40. The van der Waals surface area contributed by atoms with Crippen LogP contribution in [0.1, 0.15) is 0 Å². The van der Waals surface area contributed by atoms with Crippen LogP contribution < -0.4 is 5.32 Å². The summed E-state index contributed by atoms with van der Waals surface area (Å²) in [4.78, 5) is 8.39. The molecule has 0 saturated carbocycles. The summed E-state index contributed by atoms with van der Waals surface area (Å²) in [6, 6.07) is 15.9. The average molecular weight is 321 g/mol. The molecule has 0 aliphatic heterocycles. The van der Waals surface area contributed by atoms with Gasteiger partial charge < -0.3 is 10.3 Å². The van der Waals surface area contributed by atoms with Gasteiger partial charge in [0.05, 0.1) is 5.52 Å². The van der Waals surface area contributed by atoms with Crippen molar-refractivity contribution in [2.45, 2.75) is 4.90 Å². The molecular weight excluding hydrogens is 306 g/mol. The number of nitrogens with one attached hydrogen (secondary N) is 2. The zero-order valence-electron chi connectivity index (χ0n) is 12.5. The highest BCUT2D eigenvalue weighted by molar-refractivity contribution is 7.84. The van der Waals surface area contributed by atoms with E-state index in [9.17, 15) is 4.21 Å². The Morgan fingerprint density at radius 3 is 2.87 bits per heavy atom. The van der Waals surface area contributed by atoms with Crippen LogP contribution in [0, 0.1) is 0 Å². The van der Waals surface area contributed by atoms with E-state index in [4.69, 9.17) is 0 Å². The van der Waals surface area contributed by atoms with Gasteiger partial charge in [0.15, 0.2) is 0 Å². The molecule has 5 heteroatoms. The standard InChI is InChI=1S/C18H15N3OS/c1-23(22)14-4-5-16-15(11-14)17(7-9-19-16)21-13-3-2-12-6-8-20-18(12)10-13/h2-11,20H,1H3,(H,19,21). The second kappa shape index (κ2) is 5.52. The Bertz CT molecular complexity index is 1040. The van der Waals surface area contributed by atoms with Crippen LogP contribution in [-0.2, 0) is 10.8 Å². The maximum absolute atomic E-state index is 11.7. The molecule has 1 unspecified atom stereocenters. The van der Waals surface area contributed by atoms with E-state index in [1.165, 1.54) is 5.39 Å². The summed E-state index contributed by atoms with van der Waals surface area (Å²) in [5, 5.41) is 5.58. The normalized spacial score (nSPS) is 12.6. The summed E-state index contributed by atoms with van der Waals surface area (Å²) in [5.74, 6) is 0. The van der Waals surface area contributed by atoms with Crippen molar-refractivity contribution < 1.29 is 4.21 Å². The predicted octanol–water partition coefficient (Wildman–Crippen LogP) is 4.20. The van der Waals surface area contributed by atoms with Crippen LogP contribution in [0.4, 0.5) is 11.4 Å². The van der Waals surface area contributed by atoms with Crippen LogP contribution in [0.5, 0.6) is 0 Å². The van der Waals surface area contributed by atoms with Crippen LogP contribution in [0.15, 0.2) is 65.8 Å². The van der Waals surface area contributed by atoms with Crippen molar-refractivity contribution in [2.24, 2.45) is 0 Å². The number of hydrogen-bond donors (Lipinski definition) is 2. The predicted molar refractivity (Wildman–Crippen MR) is 95.7 cm³/mol. The second-order valence-corrected chi connectivity index (χ2v) is 6.78. The molecule has 0 bridgehead atoms. The molecule has 23 heavy (non-hydrogen) atoms. The Morgan fingerprint density at radius 2 is 2.00 bits per heavy atom. The van der Waals surface area contributed by atoms with Crippen LogP contribution in [0.25, 0.3) is 21.8 Å². The molecule has 2 heterocycles. The Balaban J connectivity index is 1.80. The molecule has 0 saturated heterocycles. The lowest BCUT2D eigenvalue weighted by Crippen LogP contribution is -1.94. The van der Waals surface area contributed by atoms with E-state index in [1.54, 1.807) is 12.5 Å². The number of rotatable bonds is 3. The lowest BCUT2D eigenvalue weighted by atomic mass is 10.1. The van der Waals surface area contributed by atoms with Crippen molar-refractivity contribution in [3.63, 3.8) is 0 Å². The minimum atomic E-state index is -1.01. The maximum Gasteiger partial charge on any atom is 0.0723 e. The number of fused-ring (bicyclic) bond motifs is 2. The topological polar surface area (TPSA) is 57.8 Å². The number of hydrogen-bond acceptors (Lipinski definition) is 3. The molecule has 2 aromatic heterocycles. The van der Waals surface area contributed by atoms with Crippen LogP contribution in [-0.4, -0.2) is 20.4 Å². The molecule has 1 atom stereocenters. The smallest absolute Gasteiger partial charge is 0.0723 e. The number of anilines is 2. The van der Waals surface area contributed by atoms with E-state index in [0.717, 1.165) is 32.7 Å². The van der Waals surface area contributed by atoms with Gasteiger partial charge in [0.1, 0.15) is 0 Å². The zero-order valence-corrected chi connectivity index (χ0v) is 13.4. The van der Waals surface area contributed by atoms with Gasteiger partial charge in [-0.1, -0.05) is 6.07 Å². The number of benzene rings is 2. The highest BCUT2D eigenvalue weighted by Crippen LogP contribution is 2.28. The molecule has 2 N–H and O–H groups in total. The minimum absolute atomic E-state index is 0.799. The molecule has 4 nitrogen and oxygen atoms in total. The van der Waals surface area contributed by atoms with Crippen molar-refractivity contribution in [1.29, 1.82) is 0 Å². The van der Waals surface area contributed by atoms with Gasteiger partial charge >= 0.3 is 0 Å². The quantitative estimate of drug-likeness (QED) is 0.594. The first kappa shape index (κ1) is 14.0. The van der Waals surface area contributed by atoms with Crippen molar-refractivity contribution in [3.05, 3.63) is 60.9 Å². The van der Waals surface area contributed by atoms with Crippen molar-refractivity contribution in [1.82, 2.24) is 9.97 Å².